The highest BCUT2D eigenvalue weighted by Crippen LogP contribution is 2.36. The summed E-state index contributed by atoms with van der Waals surface area (Å²) >= 11 is 0. The van der Waals surface area contributed by atoms with E-state index in [-0.39, 0.29) is 6.10 Å². The maximum absolute atomic E-state index is 12.6. The molecule has 4 heterocycles. The molecule has 4 rings (SSSR count). The Morgan fingerprint density at radius 2 is 2.04 bits per heavy atom. The molecule has 0 spiro atoms. The fourth-order valence-electron chi connectivity index (χ4n) is 4.75. The van der Waals surface area contributed by atoms with Gasteiger partial charge in [-0.2, -0.15) is 0 Å². The first-order chi connectivity index (χ1) is 12.2. The molecule has 0 aromatic carbocycles. The van der Waals surface area contributed by atoms with E-state index in [1.54, 1.807) is 0 Å². The van der Waals surface area contributed by atoms with E-state index in [0.717, 1.165) is 70.1 Å². The van der Waals surface area contributed by atoms with Crippen molar-refractivity contribution in [1.82, 2.24) is 9.80 Å². The van der Waals surface area contributed by atoms with Gasteiger partial charge in [0.25, 0.3) is 0 Å². The Balaban J connectivity index is 1.29. The van der Waals surface area contributed by atoms with E-state index in [9.17, 15) is 4.79 Å². The SMILES string of the molecule is Cc1ccc(CN2CC[C@@H]3[C@@H](CO[C@@H]3CC(=O)N3CCCCC3)C2)o1. The van der Waals surface area contributed by atoms with Gasteiger partial charge in [0.05, 0.1) is 25.7 Å². The second kappa shape index (κ2) is 7.50. The third-order valence-corrected chi connectivity index (χ3v) is 6.14. The summed E-state index contributed by atoms with van der Waals surface area (Å²) in [6, 6.07) is 4.11. The topological polar surface area (TPSA) is 45.9 Å². The zero-order chi connectivity index (χ0) is 17.2. The van der Waals surface area contributed by atoms with E-state index in [1.165, 1.54) is 6.42 Å². The lowest BCUT2D eigenvalue weighted by Gasteiger charge is -2.35. The van der Waals surface area contributed by atoms with Gasteiger partial charge in [0.15, 0.2) is 0 Å². The van der Waals surface area contributed by atoms with E-state index < -0.39 is 0 Å². The van der Waals surface area contributed by atoms with E-state index in [4.69, 9.17) is 9.15 Å². The summed E-state index contributed by atoms with van der Waals surface area (Å²) in [5.74, 6) is 3.43. The zero-order valence-corrected chi connectivity index (χ0v) is 15.3. The fraction of sp³-hybridized carbons (Fsp3) is 0.750. The molecule has 0 N–H and O–H groups in total. The summed E-state index contributed by atoms with van der Waals surface area (Å²) < 4.78 is 11.8. The largest absolute Gasteiger partial charge is 0.465 e. The number of hydrogen-bond donors (Lipinski definition) is 0. The molecule has 1 aromatic rings. The first-order valence-corrected chi connectivity index (χ1v) is 9.86. The number of nitrogens with zero attached hydrogens (tertiary/aromatic N) is 2. The van der Waals surface area contributed by atoms with Gasteiger partial charge in [-0.15, -0.1) is 0 Å². The number of hydrogen-bond acceptors (Lipinski definition) is 4. The standard InChI is InChI=1S/C20H30N2O3/c1-15-5-6-17(25-15)13-21-10-7-18-16(12-21)14-24-19(18)11-20(23)22-8-3-2-4-9-22/h5-6,16,18-19H,2-4,7-14H2,1H3/t16-,18-,19-/m1/s1. The minimum atomic E-state index is 0.132. The maximum Gasteiger partial charge on any atom is 0.225 e. The molecule has 1 amide bonds. The van der Waals surface area contributed by atoms with Gasteiger partial charge in [-0.05, 0) is 57.2 Å². The van der Waals surface area contributed by atoms with Crippen LogP contribution in [0, 0.1) is 18.8 Å². The van der Waals surface area contributed by atoms with Crippen molar-refractivity contribution in [3.8, 4) is 0 Å². The van der Waals surface area contributed by atoms with Crippen LogP contribution in [0.5, 0.6) is 0 Å². The summed E-state index contributed by atoms with van der Waals surface area (Å²) in [6.45, 7) is 7.68. The molecule has 0 saturated carbocycles. The van der Waals surface area contributed by atoms with Crippen LogP contribution < -0.4 is 0 Å². The van der Waals surface area contributed by atoms with Crippen molar-refractivity contribution >= 4 is 5.91 Å². The molecule has 0 aliphatic carbocycles. The van der Waals surface area contributed by atoms with E-state index in [1.807, 2.05) is 13.0 Å². The van der Waals surface area contributed by atoms with Crippen molar-refractivity contribution in [2.45, 2.75) is 51.7 Å². The highest BCUT2D eigenvalue weighted by atomic mass is 16.5. The van der Waals surface area contributed by atoms with Crippen molar-refractivity contribution in [3.05, 3.63) is 23.7 Å². The Kier molecular flexibility index (Phi) is 5.13. The molecule has 0 bridgehead atoms. The van der Waals surface area contributed by atoms with Crippen molar-refractivity contribution in [2.75, 3.05) is 32.8 Å². The molecule has 138 valence electrons. The average molecular weight is 346 g/mol. The molecule has 3 fully saturated rings. The van der Waals surface area contributed by atoms with Gasteiger partial charge in [-0.25, -0.2) is 0 Å². The maximum atomic E-state index is 12.6. The van der Waals surface area contributed by atoms with Crippen LogP contribution in [0.4, 0.5) is 0 Å². The van der Waals surface area contributed by atoms with Crippen LogP contribution in [-0.2, 0) is 16.1 Å². The summed E-state index contributed by atoms with van der Waals surface area (Å²) in [5, 5.41) is 0. The Morgan fingerprint density at radius 1 is 1.20 bits per heavy atom. The molecule has 25 heavy (non-hydrogen) atoms. The van der Waals surface area contributed by atoms with Crippen molar-refractivity contribution < 1.29 is 13.9 Å². The van der Waals surface area contributed by atoms with Crippen LogP contribution in [-0.4, -0.2) is 54.6 Å². The van der Waals surface area contributed by atoms with Crippen LogP contribution >= 0.6 is 0 Å². The summed E-state index contributed by atoms with van der Waals surface area (Å²) in [6.07, 6.45) is 5.42. The summed E-state index contributed by atoms with van der Waals surface area (Å²) in [4.78, 5) is 17.1. The van der Waals surface area contributed by atoms with Gasteiger partial charge < -0.3 is 14.1 Å². The molecular formula is C20H30N2O3. The van der Waals surface area contributed by atoms with Crippen LogP contribution in [0.3, 0.4) is 0 Å². The molecule has 0 unspecified atom stereocenters. The number of furan rings is 1. The molecule has 5 heteroatoms. The predicted molar refractivity (Wildman–Crippen MR) is 95.1 cm³/mol. The molecule has 3 aliphatic rings. The van der Waals surface area contributed by atoms with Gasteiger partial charge in [0.2, 0.25) is 5.91 Å². The van der Waals surface area contributed by atoms with E-state index in [0.29, 0.717) is 24.2 Å². The lowest BCUT2D eigenvalue weighted by molar-refractivity contribution is -0.134. The summed E-state index contributed by atoms with van der Waals surface area (Å²) in [7, 11) is 0. The normalized spacial score (nSPS) is 30.4. The third kappa shape index (κ3) is 3.93. The van der Waals surface area contributed by atoms with Crippen LogP contribution in [0.25, 0.3) is 0 Å². The minimum Gasteiger partial charge on any atom is -0.465 e. The van der Waals surface area contributed by atoms with Gasteiger partial charge >= 0.3 is 0 Å². The Hall–Kier alpha value is -1.33. The molecule has 3 aliphatic heterocycles. The average Bonchev–Trinajstić information content (AvgIpc) is 3.22. The van der Waals surface area contributed by atoms with Crippen molar-refractivity contribution in [1.29, 1.82) is 0 Å². The predicted octanol–water partition coefficient (Wildman–Crippen LogP) is 2.83. The smallest absolute Gasteiger partial charge is 0.225 e. The lowest BCUT2D eigenvalue weighted by atomic mass is 9.83. The van der Waals surface area contributed by atoms with Crippen molar-refractivity contribution in [3.63, 3.8) is 0 Å². The number of aryl methyl sites for hydroxylation is 1. The van der Waals surface area contributed by atoms with E-state index >= 15 is 0 Å². The van der Waals surface area contributed by atoms with Crippen molar-refractivity contribution in [2.24, 2.45) is 11.8 Å². The Bertz CT molecular complexity index is 594. The highest BCUT2D eigenvalue weighted by Gasteiger charge is 2.42. The monoisotopic (exact) mass is 346 g/mol. The van der Waals surface area contributed by atoms with Crippen LogP contribution in [0.15, 0.2) is 16.5 Å². The molecule has 3 saturated heterocycles. The molecular weight excluding hydrogens is 316 g/mol. The van der Waals surface area contributed by atoms with Gasteiger partial charge in [0.1, 0.15) is 11.5 Å². The molecule has 0 radical (unpaired) electrons. The number of fused-ring (bicyclic) bond motifs is 1. The minimum absolute atomic E-state index is 0.132. The van der Waals surface area contributed by atoms with Gasteiger partial charge in [0, 0.05) is 25.6 Å². The summed E-state index contributed by atoms with van der Waals surface area (Å²) in [5.41, 5.74) is 0. The van der Waals surface area contributed by atoms with Gasteiger partial charge in [-0.3, -0.25) is 9.69 Å². The lowest BCUT2D eigenvalue weighted by Crippen LogP contribution is -2.42. The Labute approximate surface area is 150 Å². The number of carbonyl (C=O) groups excluding carboxylic acids is 1. The number of ether oxygens (including phenoxy) is 1. The Morgan fingerprint density at radius 3 is 2.80 bits per heavy atom. The number of piperidine rings is 2. The molecule has 5 nitrogen and oxygen atoms in total. The number of rotatable bonds is 4. The number of amides is 1. The highest BCUT2D eigenvalue weighted by molar-refractivity contribution is 5.76. The van der Waals surface area contributed by atoms with Crippen LogP contribution in [0.2, 0.25) is 0 Å². The first-order valence-electron chi connectivity index (χ1n) is 9.86. The number of likely N-dealkylation sites (tertiary alicyclic amines) is 2. The molecule has 3 atom stereocenters. The number of carbonyl (C=O) groups is 1. The quantitative estimate of drug-likeness (QED) is 0.841. The third-order valence-electron chi connectivity index (χ3n) is 6.14. The second-order valence-corrected chi connectivity index (χ2v) is 7.98. The first kappa shape index (κ1) is 17.1. The van der Waals surface area contributed by atoms with Gasteiger partial charge in [-0.1, -0.05) is 0 Å². The zero-order valence-electron chi connectivity index (χ0n) is 15.3. The fourth-order valence-corrected chi connectivity index (χ4v) is 4.75. The second-order valence-electron chi connectivity index (χ2n) is 7.98. The van der Waals surface area contributed by atoms with E-state index in [2.05, 4.69) is 15.9 Å². The molecule has 1 aromatic heterocycles. The van der Waals surface area contributed by atoms with Crippen LogP contribution in [0.1, 0.15) is 43.6 Å².